The number of nitrogens with zero attached hydrogens (tertiary/aromatic N) is 4. The van der Waals surface area contributed by atoms with Crippen LogP contribution in [0, 0.1) is 5.92 Å². The summed E-state index contributed by atoms with van der Waals surface area (Å²) in [5.74, 6) is 0.705. The highest BCUT2D eigenvalue weighted by molar-refractivity contribution is 7.92. The van der Waals surface area contributed by atoms with Crippen molar-refractivity contribution < 1.29 is 36.0 Å². The van der Waals surface area contributed by atoms with Crippen molar-refractivity contribution in [3.63, 3.8) is 0 Å². The SMILES string of the molecule is CN1CCN(OC(=O)Nc2ccc(/C=C/S(=O)(=O)N3CCC4(CC3)N=C(C3CCCCC3)NC4=O)c(C(F)(F)F)c2)CC1. The normalized spacial score (nSPS) is 23.0. The van der Waals surface area contributed by atoms with Gasteiger partial charge in [0.2, 0.25) is 10.0 Å². The number of hydrogen-bond donors (Lipinski definition) is 2. The van der Waals surface area contributed by atoms with Crippen LogP contribution >= 0.6 is 0 Å². The van der Waals surface area contributed by atoms with Gasteiger partial charge >= 0.3 is 12.3 Å². The van der Waals surface area contributed by atoms with Crippen LogP contribution in [0.25, 0.3) is 6.08 Å². The third-order valence-electron chi connectivity index (χ3n) is 8.60. The number of carbonyl (C=O) groups is 2. The molecule has 11 nitrogen and oxygen atoms in total. The molecule has 3 fully saturated rings. The zero-order valence-electron chi connectivity index (χ0n) is 24.0. The van der Waals surface area contributed by atoms with Gasteiger partial charge < -0.3 is 15.1 Å². The number of hydroxylamine groups is 2. The van der Waals surface area contributed by atoms with E-state index in [4.69, 9.17) is 9.83 Å². The number of anilines is 1. The van der Waals surface area contributed by atoms with E-state index in [9.17, 15) is 31.2 Å². The summed E-state index contributed by atoms with van der Waals surface area (Å²) in [6, 6.07) is 3.08. The van der Waals surface area contributed by atoms with Crippen LogP contribution in [0.4, 0.5) is 23.7 Å². The number of amides is 2. The molecular weight excluding hydrogens is 589 g/mol. The van der Waals surface area contributed by atoms with Crippen LogP contribution in [0.1, 0.15) is 56.1 Å². The summed E-state index contributed by atoms with van der Waals surface area (Å²) < 4.78 is 69.1. The maximum absolute atomic E-state index is 13.9. The molecule has 1 aliphatic carbocycles. The van der Waals surface area contributed by atoms with Crippen LogP contribution in [0.3, 0.4) is 0 Å². The molecule has 2 saturated heterocycles. The summed E-state index contributed by atoms with van der Waals surface area (Å²) >= 11 is 0. The molecule has 2 N–H and O–H groups in total. The van der Waals surface area contributed by atoms with Gasteiger partial charge in [0.15, 0.2) is 0 Å². The number of benzene rings is 1. The Kier molecular flexibility index (Phi) is 9.16. The summed E-state index contributed by atoms with van der Waals surface area (Å²) in [5, 5.41) is 7.41. The second-order valence-electron chi connectivity index (χ2n) is 11.6. The first kappa shape index (κ1) is 31.4. The van der Waals surface area contributed by atoms with Crippen molar-refractivity contribution in [2.24, 2.45) is 10.9 Å². The highest BCUT2D eigenvalue weighted by Crippen LogP contribution is 2.36. The van der Waals surface area contributed by atoms with Crippen LogP contribution in [-0.4, -0.2) is 92.4 Å². The van der Waals surface area contributed by atoms with E-state index in [1.165, 1.54) is 17.6 Å². The van der Waals surface area contributed by atoms with Crippen LogP contribution < -0.4 is 10.6 Å². The van der Waals surface area contributed by atoms with Gasteiger partial charge in [0.25, 0.3) is 5.91 Å². The second kappa shape index (κ2) is 12.5. The standard InChI is InChI=1S/C28H37F3N6O5S/c1-35-14-16-36(17-15-35)42-26(39)32-22-8-7-20(23(19-22)28(29,30)31)9-18-43(40,41)37-12-10-27(11-13-37)25(38)33-24(34-27)21-5-3-2-4-6-21/h7-9,18-19,21H,2-6,10-17H2,1H3,(H,32,39)(H,33,34,38)/b18-9+. The predicted molar refractivity (Wildman–Crippen MR) is 154 cm³/mol. The minimum absolute atomic E-state index is 0.0198. The molecule has 0 atom stereocenters. The highest BCUT2D eigenvalue weighted by Gasteiger charge is 2.48. The number of piperidine rings is 1. The largest absolute Gasteiger partial charge is 0.430 e. The summed E-state index contributed by atoms with van der Waals surface area (Å²) in [6.45, 7) is 2.33. The fraction of sp³-hybridized carbons (Fsp3) is 0.607. The molecule has 0 aromatic heterocycles. The number of rotatable bonds is 6. The molecule has 1 aromatic rings. The van der Waals surface area contributed by atoms with Gasteiger partial charge in [-0.1, -0.05) is 25.3 Å². The fourth-order valence-electron chi connectivity index (χ4n) is 5.97. The molecule has 4 aliphatic rings. The predicted octanol–water partition coefficient (Wildman–Crippen LogP) is 3.66. The number of carbonyl (C=O) groups excluding carboxylic acids is 2. The Labute approximate surface area is 249 Å². The van der Waals surface area contributed by atoms with Gasteiger partial charge in [-0.2, -0.15) is 17.5 Å². The Balaban J connectivity index is 1.23. The Morgan fingerprint density at radius 2 is 1.77 bits per heavy atom. The number of aliphatic imine (C=N–C) groups is 1. The van der Waals surface area contributed by atoms with Crippen LogP contribution in [0.2, 0.25) is 0 Å². The topological polar surface area (TPSA) is 124 Å². The van der Waals surface area contributed by atoms with Gasteiger partial charge in [-0.3, -0.25) is 15.1 Å². The van der Waals surface area contributed by atoms with Crippen molar-refractivity contribution in [1.29, 1.82) is 0 Å². The van der Waals surface area contributed by atoms with E-state index in [1.54, 1.807) is 0 Å². The monoisotopic (exact) mass is 626 g/mol. The zero-order valence-corrected chi connectivity index (χ0v) is 24.8. The van der Waals surface area contributed by atoms with E-state index in [1.807, 2.05) is 7.05 Å². The van der Waals surface area contributed by atoms with Crippen molar-refractivity contribution >= 4 is 39.6 Å². The Bertz CT molecular complexity index is 1380. The molecule has 2 amide bonds. The van der Waals surface area contributed by atoms with Crippen LogP contribution in [0.15, 0.2) is 28.6 Å². The average Bonchev–Trinajstić information content (AvgIpc) is 3.28. The number of sulfonamides is 1. The van der Waals surface area contributed by atoms with Gasteiger partial charge in [0.05, 0.1) is 5.56 Å². The third kappa shape index (κ3) is 7.39. The quantitative estimate of drug-likeness (QED) is 0.494. The van der Waals surface area contributed by atoms with E-state index < -0.39 is 33.4 Å². The molecule has 0 radical (unpaired) electrons. The summed E-state index contributed by atoms with van der Waals surface area (Å²) in [7, 11) is -2.16. The van der Waals surface area contributed by atoms with Crippen LogP contribution in [-0.2, 0) is 25.8 Å². The number of halogens is 3. The van der Waals surface area contributed by atoms with Gasteiger partial charge in [-0.25, -0.2) is 13.2 Å². The number of amidine groups is 1. The molecule has 5 rings (SSSR count). The third-order valence-corrected chi connectivity index (χ3v) is 10.2. The summed E-state index contributed by atoms with van der Waals surface area (Å²) in [5.41, 5.74) is -2.63. The summed E-state index contributed by atoms with van der Waals surface area (Å²) in [6.07, 6.45) is 0.837. The summed E-state index contributed by atoms with van der Waals surface area (Å²) in [4.78, 5) is 37.1. The first-order chi connectivity index (χ1) is 20.3. The van der Waals surface area contributed by atoms with E-state index >= 15 is 0 Å². The zero-order chi connectivity index (χ0) is 30.8. The van der Waals surface area contributed by atoms with Crippen molar-refractivity contribution in [1.82, 2.24) is 19.6 Å². The minimum atomic E-state index is -4.82. The molecule has 1 aromatic carbocycles. The van der Waals surface area contributed by atoms with E-state index in [2.05, 4.69) is 15.5 Å². The first-order valence-electron chi connectivity index (χ1n) is 14.6. The van der Waals surface area contributed by atoms with Gasteiger partial charge in [-0.15, -0.1) is 5.06 Å². The lowest BCUT2D eigenvalue weighted by Gasteiger charge is -2.34. The Morgan fingerprint density at radius 1 is 1.09 bits per heavy atom. The number of alkyl halides is 3. The maximum Gasteiger partial charge on any atom is 0.430 e. The van der Waals surface area contributed by atoms with Crippen molar-refractivity contribution in [2.75, 3.05) is 51.6 Å². The molecule has 1 spiro atoms. The molecule has 0 bridgehead atoms. The molecule has 0 unspecified atom stereocenters. The maximum atomic E-state index is 13.9. The van der Waals surface area contributed by atoms with E-state index in [0.717, 1.165) is 53.6 Å². The molecule has 1 saturated carbocycles. The number of likely N-dealkylation sites (N-methyl/N-ethyl adjacent to an activating group) is 1. The first-order valence-corrected chi connectivity index (χ1v) is 16.1. The Hall–Kier alpha value is -3.01. The number of hydrogen-bond acceptors (Lipinski definition) is 8. The van der Waals surface area contributed by atoms with E-state index in [-0.39, 0.29) is 49.0 Å². The molecule has 3 heterocycles. The van der Waals surface area contributed by atoms with Crippen molar-refractivity contribution in [3.8, 4) is 0 Å². The molecule has 15 heteroatoms. The van der Waals surface area contributed by atoms with Gasteiger partial charge in [0.1, 0.15) is 11.4 Å². The lowest BCUT2D eigenvalue weighted by Crippen LogP contribution is -2.50. The molecular formula is C28H37F3N6O5S. The fourth-order valence-corrected chi connectivity index (χ4v) is 7.15. The second-order valence-corrected chi connectivity index (χ2v) is 13.4. The lowest BCUT2D eigenvalue weighted by atomic mass is 9.88. The van der Waals surface area contributed by atoms with Gasteiger partial charge in [-0.05, 0) is 56.5 Å². The van der Waals surface area contributed by atoms with Crippen LogP contribution in [0.5, 0.6) is 0 Å². The molecule has 236 valence electrons. The van der Waals surface area contributed by atoms with Gasteiger partial charge in [0, 0.05) is 56.3 Å². The molecule has 3 aliphatic heterocycles. The Morgan fingerprint density at radius 3 is 2.42 bits per heavy atom. The average molecular weight is 627 g/mol. The van der Waals surface area contributed by atoms with Crippen molar-refractivity contribution in [2.45, 2.75) is 56.7 Å². The highest BCUT2D eigenvalue weighted by atomic mass is 32.2. The number of piperazine rings is 1. The number of nitrogens with one attached hydrogen (secondary N) is 2. The van der Waals surface area contributed by atoms with E-state index in [0.29, 0.717) is 32.0 Å². The van der Waals surface area contributed by atoms with Crippen molar-refractivity contribution in [3.05, 3.63) is 34.7 Å². The minimum Gasteiger partial charge on any atom is -0.351 e. The smallest absolute Gasteiger partial charge is 0.351 e. The molecule has 43 heavy (non-hydrogen) atoms. The lowest BCUT2D eigenvalue weighted by molar-refractivity contribution is -0.137.